The zero-order chi connectivity index (χ0) is 19.2. The van der Waals surface area contributed by atoms with Crippen molar-refractivity contribution in [3.8, 4) is 0 Å². The number of nitrogens with zero attached hydrogens (tertiary/aromatic N) is 3. The summed E-state index contributed by atoms with van der Waals surface area (Å²) >= 11 is 3.76. The Balaban J connectivity index is 1.24. The van der Waals surface area contributed by atoms with Crippen molar-refractivity contribution < 1.29 is 0 Å². The van der Waals surface area contributed by atoms with Crippen molar-refractivity contribution in [2.24, 2.45) is 4.99 Å². The Kier molecular flexibility index (Phi) is 7.01. The molecule has 2 aliphatic rings. The number of fused-ring (bicyclic) bond motifs is 1. The van der Waals surface area contributed by atoms with Gasteiger partial charge in [0.25, 0.3) is 0 Å². The van der Waals surface area contributed by atoms with Gasteiger partial charge in [-0.1, -0.05) is 6.07 Å². The van der Waals surface area contributed by atoms with E-state index in [-0.39, 0.29) is 0 Å². The minimum Gasteiger partial charge on any atom is -0.355 e. The van der Waals surface area contributed by atoms with E-state index >= 15 is 0 Å². The van der Waals surface area contributed by atoms with Gasteiger partial charge < -0.3 is 10.6 Å². The van der Waals surface area contributed by atoms with Crippen LogP contribution < -0.4 is 10.6 Å². The van der Waals surface area contributed by atoms with Gasteiger partial charge in [-0.05, 0) is 60.8 Å². The van der Waals surface area contributed by atoms with E-state index in [1.807, 2.05) is 29.7 Å². The fraction of sp³-hybridized carbons (Fsp3) is 0.571. The second-order valence-corrected chi connectivity index (χ2v) is 9.53. The lowest BCUT2D eigenvalue weighted by Crippen LogP contribution is -2.45. The Labute approximate surface area is 176 Å². The Bertz CT molecular complexity index is 749. The molecule has 0 spiro atoms. The van der Waals surface area contributed by atoms with E-state index < -0.39 is 0 Å². The predicted molar refractivity (Wildman–Crippen MR) is 121 cm³/mol. The van der Waals surface area contributed by atoms with Gasteiger partial charge in [-0.2, -0.15) is 0 Å². The van der Waals surface area contributed by atoms with E-state index in [0.29, 0.717) is 6.04 Å². The molecule has 2 aromatic rings. The van der Waals surface area contributed by atoms with E-state index in [4.69, 9.17) is 0 Å². The molecule has 1 fully saturated rings. The summed E-state index contributed by atoms with van der Waals surface area (Å²) in [5.74, 6) is 0.911. The maximum Gasteiger partial charge on any atom is 0.191 e. The van der Waals surface area contributed by atoms with Crippen LogP contribution in [0, 0.1) is 0 Å². The van der Waals surface area contributed by atoms with E-state index in [1.165, 1.54) is 42.8 Å². The van der Waals surface area contributed by atoms with E-state index in [2.05, 4.69) is 54.4 Å². The first-order valence-corrected chi connectivity index (χ1v) is 12.1. The maximum absolute atomic E-state index is 4.44. The predicted octanol–water partition coefficient (Wildman–Crippen LogP) is 3.17. The number of hydrogen-bond acceptors (Lipinski definition) is 5. The Morgan fingerprint density at radius 2 is 2.04 bits per heavy atom. The molecular formula is C21H31N5S2. The van der Waals surface area contributed by atoms with Gasteiger partial charge in [0.05, 0.1) is 6.04 Å². The lowest BCUT2D eigenvalue weighted by Gasteiger charge is -2.28. The summed E-state index contributed by atoms with van der Waals surface area (Å²) in [7, 11) is 1.86. The molecule has 4 heterocycles. The second-order valence-electron chi connectivity index (χ2n) is 7.55. The highest BCUT2D eigenvalue weighted by Gasteiger charge is 2.24. The third-order valence-electron chi connectivity index (χ3n) is 5.75. The first-order valence-electron chi connectivity index (χ1n) is 10.3. The van der Waals surface area contributed by atoms with E-state index in [0.717, 1.165) is 38.7 Å². The van der Waals surface area contributed by atoms with Crippen LogP contribution in [-0.2, 0) is 13.0 Å². The molecule has 0 saturated carbocycles. The van der Waals surface area contributed by atoms with Crippen LogP contribution in [0.25, 0.3) is 0 Å². The number of guanidine groups is 1. The molecule has 4 rings (SSSR count). The molecule has 1 unspecified atom stereocenters. The fourth-order valence-corrected chi connectivity index (χ4v) is 5.94. The van der Waals surface area contributed by atoms with Gasteiger partial charge in [0.2, 0.25) is 0 Å². The van der Waals surface area contributed by atoms with Gasteiger partial charge in [0.15, 0.2) is 5.96 Å². The number of likely N-dealkylation sites (tertiary alicyclic amines) is 1. The molecule has 0 aliphatic carbocycles. The fourth-order valence-electron chi connectivity index (χ4n) is 4.19. The van der Waals surface area contributed by atoms with Gasteiger partial charge in [-0.15, -0.1) is 22.7 Å². The lowest BCUT2D eigenvalue weighted by atomic mass is 10.1. The molecule has 5 nitrogen and oxygen atoms in total. The zero-order valence-electron chi connectivity index (χ0n) is 16.7. The molecular weight excluding hydrogens is 386 g/mol. The van der Waals surface area contributed by atoms with Crippen LogP contribution in [0.3, 0.4) is 0 Å². The van der Waals surface area contributed by atoms with Crippen LogP contribution in [0.2, 0.25) is 0 Å². The highest BCUT2D eigenvalue weighted by atomic mass is 32.1. The van der Waals surface area contributed by atoms with Crippen molar-refractivity contribution in [3.63, 3.8) is 0 Å². The summed E-state index contributed by atoms with van der Waals surface area (Å²) in [6, 6.07) is 7.15. The summed E-state index contributed by atoms with van der Waals surface area (Å²) in [6.45, 7) is 7.54. The zero-order valence-corrected chi connectivity index (χ0v) is 18.3. The van der Waals surface area contributed by atoms with Crippen LogP contribution in [0.5, 0.6) is 0 Å². The summed E-state index contributed by atoms with van der Waals surface area (Å²) in [4.78, 5) is 12.6. The average Bonchev–Trinajstić information content (AvgIpc) is 3.49. The normalized spacial score (nSPS) is 19.5. The third kappa shape index (κ3) is 4.95. The standard InChI is InChI=1S/C21H31N5S2/c1-22-21(23-8-12-25-11-6-19-17(16-25)7-14-28-19)24-15-18(20-5-4-13-27-20)26-9-2-3-10-26/h4-5,7,13-14,18H,2-3,6,8-12,15-16H2,1H3,(H2,22,23,24). The molecule has 0 amide bonds. The topological polar surface area (TPSA) is 42.9 Å². The highest BCUT2D eigenvalue weighted by molar-refractivity contribution is 7.10. The molecule has 2 aliphatic heterocycles. The number of hydrogen-bond donors (Lipinski definition) is 2. The van der Waals surface area contributed by atoms with Crippen molar-refractivity contribution in [2.75, 3.05) is 46.3 Å². The summed E-state index contributed by atoms with van der Waals surface area (Å²) in [5.41, 5.74) is 1.52. The summed E-state index contributed by atoms with van der Waals surface area (Å²) in [5, 5.41) is 11.5. The monoisotopic (exact) mass is 417 g/mol. The largest absolute Gasteiger partial charge is 0.355 e. The molecule has 0 bridgehead atoms. The molecule has 1 saturated heterocycles. The van der Waals surface area contributed by atoms with Gasteiger partial charge in [-0.3, -0.25) is 14.8 Å². The molecule has 7 heteroatoms. The Morgan fingerprint density at radius 1 is 1.14 bits per heavy atom. The van der Waals surface area contributed by atoms with Crippen molar-refractivity contribution >= 4 is 28.6 Å². The van der Waals surface area contributed by atoms with Crippen LogP contribution in [0.1, 0.15) is 34.2 Å². The smallest absolute Gasteiger partial charge is 0.191 e. The quantitative estimate of drug-likeness (QED) is 0.536. The minimum atomic E-state index is 0.445. The summed E-state index contributed by atoms with van der Waals surface area (Å²) in [6.07, 6.45) is 3.82. The molecule has 0 radical (unpaired) electrons. The van der Waals surface area contributed by atoms with E-state index in [9.17, 15) is 0 Å². The number of aliphatic imine (C=N–C) groups is 1. The summed E-state index contributed by atoms with van der Waals surface area (Å²) < 4.78 is 0. The van der Waals surface area contributed by atoms with Crippen LogP contribution in [-0.4, -0.2) is 62.1 Å². The second kappa shape index (κ2) is 9.87. The molecule has 152 valence electrons. The maximum atomic E-state index is 4.44. The van der Waals surface area contributed by atoms with Crippen LogP contribution in [0.4, 0.5) is 0 Å². The number of thiophene rings is 2. The SMILES string of the molecule is CN=C(NCCN1CCc2sccc2C1)NCC(c1cccs1)N1CCCC1. The van der Waals surface area contributed by atoms with Gasteiger partial charge in [0, 0.05) is 49.5 Å². The number of rotatable bonds is 7. The third-order valence-corrected chi connectivity index (χ3v) is 7.74. The van der Waals surface area contributed by atoms with Crippen molar-refractivity contribution in [3.05, 3.63) is 44.3 Å². The van der Waals surface area contributed by atoms with Crippen LogP contribution in [0.15, 0.2) is 34.0 Å². The highest BCUT2D eigenvalue weighted by Crippen LogP contribution is 2.27. The van der Waals surface area contributed by atoms with E-state index in [1.54, 1.807) is 4.88 Å². The molecule has 0 aromatic carbocycles. The Morgan fingerprint density at radius 3 is 2.82 bits per heavy atom. The van der Waals surface area contributed by atoms with Crippen molar-refractivity contribution in [1.29, 1.82) is 0 Å². The van der Waals surface area contributed by atoms with Gasteiger partial charge in [0.1, 0.15) is 0 Å². The van der Waals surface area contributed by atoms with Crippen molar-refractivity contribution in [1.82, 2.24) is 20.4 Å². The molecule has 1 atom stereocenters. The molecule has 28 heavy (non-hydrogen) atoms. The first kappa shape index (κ1) is 19.9. The van der Waals surface area contributed by atoms with Crippen molar-refractivity contribution in [2.45, 2.75) is 31.8 Å². The first-order chi connectivity index (χ1) is 13.8. The van der Waals surface area contributed by atoms with Crippen LogP contribution >= 0.6 is 22.7 Å². The molecule has 2 aromatic heterocycles. The number of nitrogens with one attached hydrogen (secondary N) is 2. The minimum absolute atomic E-state index is 0.445. The van der Waals surface area contributed by atoms with Gasteiger partial charge in [-0.25, -0.2) is 0 Å². The van der Waals surface area contributed by atoms with Gasteiger partial charge >= 0.3 is 0 Å². The Hall–Kier alpha value is -1.41. The average molecular weight is 418 g/mol. The molecule has 2 N–H and O–H groups in total. The lowest BCUT2D eigenvalue weighted by molar-refractivity contribution is 0.248.